The highest BCUT2D eigenvalue weighted by molar-refractivity contribution is 5.85. The van der Waals surface area contributed by atoms with Gasteiger partial charge in [0.1, 0.15) is 5.75 Å². The zero-order chi connectivity index (χ0) is 16.5. The van der Waals surface area contributed by atoms with Crippen LogP contribution in [0.2, 0.25) is 0 Å². The van der Waals surface area contributed by atoms with Crippen LogP contribution in [-0.4, -0.2) is 24.0 Å². The Morgan fingerprint density at radius 2 is 1.96 bits per heavy atom. The molecule has 4 rings (SSSR count). The number of H-pyrrole nitrogens is 1. The molecule has 2 heterocycles. The van der Waals surface area contributed by atoms with Crippen LogP contribution in [0, 0.1) is 0 Å². The number of benzene rings is 2. The summed E-state index contributed by atoms with van der Waals surface area (Å²) >= 11 is 0. The Kier molecular flexibility index (Phi) is 3.70. The minimum Gasteiger partial charge on any atom is -0.484 e. The first-order valence-electron chi connectivity index (χ1n) is 8.06. The molecule has 5 nitrogen and oxygen atoms in total. The van der Waals surface area contributed by atoms with Gasteiger partial charge in [0.05, 0.1) is 6.04 Å². The number of rotatable bonds is 4. The van der Waals surface area contributed by atoms with E-state index in [1.807, 2.05) is 24.3 Å². The molecule has 1 aliphatic heterocycles. The fourth-order valence-corrected chi connectivity index (χ4v) is 3.38. The van der Waals surface area contributed by atoms with Gasteiger partial charge in [-0.15, -0.1) is 0 Å². The second-order valence-electron chi connectivity index (χ2n) is 6.02. The van der Waals surface area contributed by atoms with Gasteiger partial charge in [-0.2, -0.15) is 0 Å². The maximum absolute atomic E-state index is 10.8. The number of ether oxygens (including phenoxy) is 1. The summed E-state index contributed by atoms with van der Waals surface area (Å²) in [6.07, 6.45) is 1.02. The highest BCUT2D eigenvalue weighted by Crippen LogP contribution is 2.33. The first-order chi connectivity index (χ1) is 11.7. The third kappa shape index (κ3) is 2.63. The minimum absolute atomic E-state index is 0.104. The molecule has 0 fully saturated rings. The quantitative estimate of drug-likeness (QED) is 0.689. The van der Waals surface area contributed by atoms with Crippen molar-refractivity contribution in [1.29, 1.82) is 0 Å². The number of nitrogens with one attached hydrogen (secondary N) is 2. The highest BCUT2D eigenvalue weighted by atomic mass is 16.5. The van der Waals surface area contributed by atoms with Crippen LogP contribution in [0.25, 0.3) is 10.9 Å². The van der Waals surface area contributed by atoms with E-state index in [0.29, 0.717) is 5.75 Å². The van der Waals surface area contributed by atoms with E-state index < -0.39 is 5.91 Å². The molecular formula is C19H19N3O2. The maximum atomic E-state index is 10.8. The molecule has 5 heteroatoms. The molecule has 2 aromatic carbocycles. The Morgan fingerprint density at radius 3 is 2.75 bits per heavy atom. The molecule has 3 aromatic rings. The molecule has 0 saturated carbocycles. The number of fused-ring (bicyclic) bond motifs is 3. The Bertz CT molecular complexity index is 883. The van der Waals surface area contributed by atoms with Crippen molar-refractivity contribution in [2.75, 3.05) is 13.2 Å². The Balaban J connectivity index is 1.65. The van der Waals surface area contributed by atoms with Crippen LogP contribution < -0.4 is 15.8 Å². The van der Waals surface area contributed by atoms with E-state index in [1.165, 1.54) is 22.2 Å². The molecule has 0 aliphatic carbocycles. The first kappa shape index (κ1) is 14.8. The lowest BCUT2D eigenvalue weighted by atomic mass is 9.94. The molecular weight excluding hydrogens is 302 g/mol. The van der Waals surface area contributed by atoms with Gasteiger partial charge >= 0.3 is 0 Å². The molecule has 0 unspecified atom stereocenters. The van der Waals surface area contributed by atoms with Gasteiger partial charge in [-0.25, -0.2) is 0 Å². The van der Waals surface area contributed by atoms with E-state index in [9.17, 15) is 4.79 Å². The van der Waals surface area contributed by atoms with E-state index in [0.717, 1.165) is 18.5 Å². The predicted molar refractivity (Wildman–Crippen MR) is 93.0 cm³/mol. The number of carbonyl (C=O) groups excluding carboxylic acids is 1. The van der Waals surface area contributed by atoms with Gasteiger partial charge in [0.25, 0.3) is 5.91 Å². The lowest BCUT2D eigenvalue weighted by Crippen LogP contribution is -2.30. The Hall–Kier alpha value is -2.79. The molecule has 0 bridgehead atoms. The zero-order valence-corrected chi connectivity index (χ0v) is 13.2. The van der Waals surface area contributed by atoms with Gasteiger partial charge in [0.15, 0.2) is 6.61 Å². The summed E-state index contributed by atoms with van der Waals surface area (Å²) in [5.41, 5.74) is 10.1. The maximum Gasteiger partial charge on any atom is 0.255 e. The van der Waals surface area contributed by atoms with Crippen LogP contribution in [-0.2, 0) is 11.2 Å². The van der Waals surface area contributed by atoms with Gasteiger partial charge < -0.3 is 20.8 Å². The van der Waals surface area contributed by atoms with Gasteiger partial charge in [-0.3, -0.25) is 4.79 Å². The van der Waals surface area contributed by atoms with E-state index in [-0.39, 0.29) is 12.6 Å². The second-order valence-corrected chi connectivity index (χ2v) is 6.02. The number of nitrogens with two attached hydrogens (primary N) is 1. The second kappa shape index (κ2) is 6.02. The summed E-state index contributed by atoms with van der Waals surface area (Å²) in [6, 6.07) is 16.3. The minimum atomic E-state index is -0.476. The average Bonchev–Trinajstić information content (AvgIpc) is 2.99. The van der Waals surface area contributed by atoms with Crippen molar-refractivity contribution in [3.63, 3.8) is 0 Å². The molecule has 4 N–H and O–H groups in total. The van der Waals surface area contributed by atoms with Gasteiger partial charge in [0.2, 0.25) is 0 Å². The molecule has 0 radical (unpaired) electrons. The molecule has 1 atom stereocenters. The summed E-state index contributed by atoms with van der Waals surface area (Å²) in [6.45, 7) is 0.840. The smallest absolute Gasteiger partial charge is 0.255 e. The summed E-state index contributed by atoms with van der Waals surface area (Å²) < 4.78 is 5.32. The van der Waals surface area contributed by atoms with E-state index in [2.05, 4.69) is 34.6 Å². The molecule has 1 amide bonds. The normalized spacial score (nSPS) is 16.8. The summed E-state index contributed by atoms with van der Waals surface area (Å²) in [7, 11) is 0. The van der Waals surface area contributed by atoms with Crippen LogP contribution in [0.4, 0.5) is 0 Å². The largest absolute Gasteiger partial charge is 0.484 e. The average molecular weight is 321 g/mol. The molecule has 0 spiro atoms. The molecule has 24 heavy (non-hydrogen) atoms. The number of carbonyl (C=O) groups is 1. The highest BCUT2D eigenvalue weighted by Gasteiger charge is 2.24. The van der Waals surface area contributed by atoms with Crippen molar-refractivity contribution < 1.29 is 9.53 Å². The van der Waals surface area contributed by atoms with E-state index in [1.54, 1.807) is 0 Å². The SMILES string of the molecule is NC(=O)COc1ccc([C@H]2NCCc3c2[nH]c2ccccc32)cc1. The topological polar surface area (TPSA) is 80.1 Å². The molecule has 0 saturated heterocycles. The van der Waals surface area contributed by atoms with Gasteiger partial charge in [0, 0.05) is 23.1 Å². The summed E-state index contributed by atoms with van der Waals surface area (Å²) in [5, 5.41) is 4.88. The van der Waals surface area contributed by atoms with Crippen LogP contribution in [0.5, 0.6) is 5.75 Å². The molecule has 1 aromatic heterocycles. The van der Waals surface area contributed by atoms with Crippen molar-refractivity contribution in [1.82, 2.24) is 10.3 Å². The zero-order valence-electron chi connectivity index (χ0n) is 13.2. The van der Waals surface area contributed by atoms with Crippen LogP contribution in [0.3, 0.4) is 0 Å². The van der Waals surface area contributed by atoms with Crippen LogP contribution in [0.1, 0.15) is 22.9 Å². The number of hydrogen-bond donors (Lipinski definition) is 3. The van der Waals surface area contributed by atoms with Crippen LogP contribution in [0.15, 0.2) is 48.5 Å². The van der Waals surface area contributed by atoms with Gasteiger partial charge in [-0.1, -0.05) is 30.3 Å². The summed E-state index contributed by atoms with van der Waals surface area (Å²) in [5.74, 6) is 0.168. The number of aromatic amines is 1. The number of hydrogen-bond acceptors (Lipinski definition) is 3. The number of primary amides is 1. The standard InChI is InChI=1S/C19H19N3O2/c20-17(23)11-24-13-7-5-12(6-8-13)18-19-15(9-10-21-18)14-3-1-2-4-16(14)22-19/h1-8,18,21-22H,9-11H2,(H2,20,23)/t18-/m1/s1. The Labute approximate surface area is 139 Å². The summed E-state index contributed by atoms with van der Waals surface area (Å²) in [4.78, 5) is 14.4. The van der Waals surface area contributed by atoms with Crippen molar-refractivity contribution in [3.05, 3.63) is 65.4 Å². The van der Waals surface area contributed by atoms with E-state index >= 15 is 0 Å². The molecule has 1 aliphatic rings. The van der Waals surface area contributed by atoms with Crippen LogP contribution >= 0.6 is 0 Å². The monoisotopic (exact) mass is 321 g/mol. The molecule has 122 valence electrons. The van der Waals surface area contributed by atoms with Crippen molar-refractivity contribution >= 4 is 16.8 Å². The Morgan fingerprint density at radius 1 is 1.17 bits per heavy atom. The third-order valence-corrected chi connectivity index (χ3v) is 4.45. The van der Waals surface area contributed by atoms with Crippen molar-refractivity contribution in [2.24, 2.45) is 5.73 Å². The lowest BCUT2D eigenvalue weighted by Gasteiger charge is -2.25. The van der Waals surface area contributed by atoms with Crippen molar-refractivity contribution in [2.45, 2.75) is 12.5 Å². The first-order valence-corrected chi connectivity index (χ1v) is 8.06. The lowest BCUT2D eigenvalue weighted by molar-refractivity contribution is -0.119. The van der Waals surface area contributed by atoms with Gasteiger partial charge in [-0.05, 0) is 35.7 Å². The number of aromatic nitrogens is 1. The van der Waals surface area contributed by atoms with E-state index in [4.69, 9.17) is 10.5 Å². The predicted octanol–water partition coefficient (Wildman–Crippen LogP) is 2.27. The fourth-order valence-electron chi connectivity index (χ4n) is 3.38. The fraction of sp³-hybridized carbons (Fsp3) is 0.211. The number of amides is 1. The number of para-hydroxylation sites is 1. The van der Waals surface area contributed by atoms with Crippen molar-refractivity contribution in [3.8, 4) is 5.75 Å². The third-order valence-electron chi connectivity index (χ3n) is 4.45.